The van der Waals surface area contributed by atoms with Crippen LogP contribution in [-0.4, -0.2) is 25.7 Å². The Bertz CT molecular complexity index is 1310. The number of fused-ring (bicyclic) bond motifs is 1. The second-order valence-corrected chi connectivity index (χ2v) is 8.44. The van der Waals surface area contributed by atoms with Crippen LogP contribution >= 0.6 is 0 Å². The van der Waals surface area contributed by atoms with Crippen LogP contribution in [0, 0.1) is 0 Å². The summed E-state index contributed by atoms with van der Waals surface area (Å²) in [5, 5.41) is 13.5. The summed E-state index contributed by atoms with van der Waals surface area (Å²) >= 11 is 0. The van der Waals surface area contributed by atoms with Gasteiger partial charge in [0.2, 0.25) is 10.0 Å². The zero-order valence-electron chi connectivity index (χ0n) is 16.3. The van der Waals surface area contributed by atoms with Crippen molar-refractivity contribution in [1.29, 1.82) is 0 Å². The van der Waals surface area contributed by atoms with Gasteiger partial charge in [0.25, 0.3) is 0 Å². The second-order valence-electron chi connectivity index (χ2n) is 6.88. The van der Waals surface area contributed by atoms with Crippen molar-refractivity contribution in [2.24, 2.45) is 5.14 Å². The largest absolute Gasteiger partial charge is 0.373 e. The summed E-state index contributed by atoms with van der Waals surface area (Å²) in [5.41, 5.74) is 4.24. The molecule has 4 aromatic rings. The van der Waals surface area contributed by atoms with E-state index in [1.54, 1.807) is 13.2 Å². The predicted octanol–water partition coefficient (Wildman–Crippen LogP) is 4.28. The van der Waals surface area contributed by atoms with Crippen molar-refractivity contribution in [3.63, 3.8) is 0 Å². The van der Waals surface area contributed by atoms with Gasteiger partial charge in [-0.2, -0.15) is 5.10 Å². The zero-order valence-corrected chi connectivity index (χ0v) is 17.1. The molecule has 0 bridgehead atoms. The minimum absolute atomic E-state index is 0.0537. The van der Waals surface area contributed by atoms with Crippen molar-refractivity contribution >= 4 is 27.0 Å². The number of primary sulfonamides is 1. The van der Waals surface area contributed by atoms with Crippen LogP contribution in [0.3, 0.4) is 0 Å². The molecule has 0 spiro atoms. The molecule has 0 radical (unpaired) electrons. The zero-order chi connectivity index (χ0) is 21.1. The molecule has 1 atom stereocenters. The highest BCUT2D eigenvalue weighted by Gasteiger charge is 2.13. The maximum absolute atomic E-state index is 11.7. The minimum Gasteiger partial charge on any atom is -0.373 e. The van der Waals surface area contributed by atoms with Crippen LogP contribution in [0.1, 0.15) is 17.2 Å². The van der Waals surface area contributed by atoms with Crippen molar-refractivity contribution in [2.75, 3.05) is 7.11 Å². The number of aromatic amines is 1. The maximum atomic E-state index is 11.7. The molecule has 1 aromatic heterocycles. The van der Waals surface area contributed by atoms with Gasteiger partial charge in [0.1, 0.15) is 6.10 Å². The Kier molecular flexibility index (Phi) is 5.50. The van der Waals surface area contributed by atoms with Crippen molar-refractivity contribution in [1.82, 2.24) is 10.2 Å². The molecule has 0 amide bonds. The van der Waals surface area contributed by atoms with E-state index in [9.17, 15) is 8.42 Å². The lowest BCUT2D eigenvalue weighted by Crippen LogP contribution is -2.11. The van der Waals surface area contributed by atoms with Gasteiger partial charge in [-0.1, -0.05) is 60.7 Å². The Morgan fingerprint density at radius 1 is 1.03 bits per heavy atom. The standard InChI is InChI=1S/C23H21N3O3S/c1-29-22(17-6-3-2-4-7-17)13-11-16-10-12-21-20(14-16)23(26-25-21)18-8-5-9-19(15-18)30(24,27)28/h2-15,22H,1H3,(H,25,26)(H2,24,27,28)/b13-11+. The molecule has 0 fully saturated rings. The SMILES string of the molecule is COC(/C=C/c1ccc2[nH]nc(-c3cccc(S(N)(=O)=O)c3)c2c1)c1ccccc1. The molecule has 6 nitrogen and oxygen atoms in total. The first-order valence-electron chi connectivity index (χ1n) is 9.33. The highest BCUT2D eigenvalue weighted by atomic mass is 32.2. The van der Waals surface area contributed by atoms with Crippen molar-refractivity contribution < 1.29 is 13.2 Å². The number of hydrogen-bond donors (Lipinski definition) is 2. The number of nitrogens with one attached hydrogen (secondary N) is 1. The number of sulfonamides is 1. The number of H-pyrrole nitrogens is 1. The number of aromatic nitrogens is 2. The topological polar surface area (TPSA) is 98.1 Å². The summed E-state index contributed by atoms with van der Waals surface area (Å²) < 4.78 is 29.0. The Hall–Kier alpha value is -3.26. The van der Waals surface area contributed by atoms with E-state index in [2.05, 4.69) is 10.2 Å². The molecule has 0 saturated heterocycles. The van der Waals surface area contributed by atoms with Gasteiger partial charge in [-0.05, 0) is 35.4 Å². The molecule has 7 heteroatoms. The number of rotatable bonds is 6. The van der Waals surface area contributed by atoms with Gasteiger partial charge in [0.05, 0.1) is 16.1 Å². The number of ether oxygens (including phenoxy) is 1. The van der Waals surface area contributed by atoms with Gasteiger partial charge in [-0.3, -0.25) is 5.10 Å². The van der Waals surface area contributed by atoms with Crippen molar-refractivity contribution in [2.45, 2.75) is 11.0 Å². The molecule has 0 aliphatic heterocycles. The normalized spacial score (nSPS) is 13.1. The van der Waals surface area contributed by atoms with E-state index in [0.717, 1.165) is 22.0 Å². The molecule has 1 heterocycles. The highest BCUT2D eigenvalue weighted by Crippen LogP contribution is 2.29. The lowest BCUT2D eigenvalue weighted by Gasteiger charge is -2.11. The van der Waals surface area contributed by atoms with Crippen LogP contribution in [0.5, 0.6) is 0 Å². The Morgan fingerprint density at radius 3 is 2.57 bits per heavy atom. The molecular formula is C23H21N3O3S. The van der Waals surface area contributed by atoms with E-state index in [1.165, 1.54) is 12.1 Å². The van der Waals surface area contributed by atoms with E-state index in [0.29, 0.717) is 11.3 Å². The van der Waals surface area contributed by atoms with Gasteiger partial charge in [-0.25, -0.2) is 13.6 Å². The Morgan fingerprint density at radius 2 is 1.83 bits per heavy atom. The Balaban J connectivity index is 1.70. The third kappa shape index (κ3) is 4.18. The van der Waals surface area contributed by atoms with Crippen LogP contribution in [0.2, 0.25) is 0 Å². The molecule has 30 heavy (non-hydrogen) atoms. The summed E-state index contributed by atoms with van der Waals surface area (Å²) in [4.78, 5) is 0.0537. The van der Waals surface area contributed by atoms with Crippen LogP contribution in [-0.2, 0) is 14.8 Å². The summed E-state index contributed by atoms with van der Waals surface area (Å²) in [7, 11) is -2.11. The third-order valence-corrected chi connectivity index (χ3v) is 5.78. The fourth-order valence-corrected chi connectivity index (χ4v) is 3.90. The number of benzene rings is 3. The van der Waals surface area contributed by atoms with E-state index < -0.39 is 10.0 Å². The fourth-order valence-electron chi connectivity index (χ4n) is 3.34. The molecule has 0 saturated carbocycles. The van der Waals surface area contributed by atoms with Crippen LogP contribution < -0.4 is 5.14 Å². The molecule has 4 rings (SSSR count). The van der Waals surface area contributed by atoms with Gasteiger partial charge in [0.15, 0.2) is 0 Å². The summed E-state index contributed by atoms with van der Waals surface area (Å²) in [6.07, 6.45) is 3.84. The second kappa shape index (κ2) is 8.23. The lowest BCUT2D eigenvalue weighted by atomic mass is 10.0. The van der Waals surface area contributed by atoms with Crippen molar-refractivity contribution in [3.05, 3.63) is 90.0 Å². The molecule has 3 N–H and O–H groups in total. The molecule has 152 valence electrons. The molecule has 3 aromatic carbocycles. The summed E-state index contributed by atoms with van der Waals surface area (Å²) in [6.45, 7) is 0. The fraction of sp³-hybridized carbons (Fsp3) is 0.0870. The lowest BCUT2D eigenvalue weighted by molar-refractivity contribution is 0.143. The van der Waals surface area contributed by atoms with Gasteiger partial charge in [-0.15, -0.1) is 0 Å². The quantitative estimate of drug-likeness (QED) is 0.487. The van der Waals surface area contributed by atoms with Crippen LogP contribution in [0.15, 0.2) is 83.8 Å². The van der Waals surface area contributed by atoms with E-state index in [1.807, 2.05) is 66.7 Å². The van der Waals surface area contributed by atoms with E-state index in [-0.39, 0.29) is 11.0 Å². The molecule has 0 aliphatic rings. The van der Waals surface area contributed by atoms with E-state index in [4.69, 9.17) is 9.88 Å². The first kappa shape index (κ1) is 20.0. The molecular weight excluding hydrogens is 398 g/mol. The van der Waals surface area contributed by atoms with Gasteiger partial charge in [0, 0.05) is 18.1 Å². The smallest absolute Gasteiger partial charge is 0.238 e. The number of hydrogen-bond acceptors (Lipinski definition) is 4. The van der Waals surface area contributed by atoms with Gasteiger partial charge >= 0.3 is 0 Å². The molecule has 0 aliphatic carbocycles. The number of methoxy groups -OCH3 is 1. The number of nitrogens with two attached hydrogens (primary N) is 1. The Labute approximate surface area is 175 Å². The first-order valence-corrected chi connectivity index (χ1v) is 10.9. The average molecular weight is 420 g/mol. The highest BCUT2D eigenvalue weighted by molar-refractivity contribution is 7.89. The van der Waals surface area contributed by atoms with Gasteiger partial charge < -0.3 is 4.74 Å². The third-order valence-electron chi connectivity index (χ3n) is 4.87. The summed E-state index contributed by atoms with van der Waals surface area (Å²) in [5.74, 6) is 0. The maximum Gasteiger partial charge on any atom is 0.238 e. The van der Waals surface area contributed by atoms with Crippen molar-refractivity contribution in [3.8, 4) is 11.3 Å². The monoisotopic (exact) mass is 419 g/mol. The van der Waals surface area contributed by atoms with Crippen LogP contribution in [0.4, 0.5) is 0 Å². The summed E-state index contributed by atoms with van der Waals surface area (Å²) in [6, 6.07) is 22.4. The van der Waals surface area contributed by atoms with E-state index >= 15 is 0 Å². The average Bonchev–Trinajstić information content (AvgIpc) is 3.18. The number of nitrogens with zero attached hydrogens (tertiary/aromatic N) is 1. The predicted molar refractivity (Wildman–Crippen MR) is 118 cm³/mol. The first-order chi connectivity index (χ1) is 14.5. The minimum atomic E-state index is -3.79. The van der Waals surface area contributed by atoms with Crippen LogP contribution in [0.25, 0.3) is 28.2 Å². The molecule has 1 unspecified atom stereocenters.